The van der Waals surface area contributed by atoms with Crippen molar-refractivity contribution in [1.29, 1.82) is 0 Å². The molecule has 1 aliphatic rings. The van der Waals surface area contributed by atoms with E-state index in [2.05, 4.69) is 25.9 Å². The number of halogens is 1. The van der Waals surface area contributed by atoms with Crippen molar-refractivity contribution in [3.05, 3.63) is 54.4 Å². The highest BCUT2D eigenvalue weighted by atomic mass is 19.1. The molecule has 116 valence electrons. The molecule has 4 rings (SSSR count). The molecule has 3 aromatic rings. The number of nitrogens with zero attached hydrogens (tertiary/aromatic N) is 5. The van der Waals surface area contributed by atoms with Crippen LogP contribution in [0.4, 0.5) is 16.2 Å². The summed E-state index contributed by atoms with van der Waals surface area (Å²) in [6, 6.07) is 6.59. The SMILES string of the molecule is Nc1nc(N2C=CNN2)c2ncn(Cc3ccccc3F)c2n1. The summed E-state index contributed by atoms with van der Waals surface area (Å²) in [5, 5.41) is 1.64. The van der Waals surface area contributed by atoms with Crippen LogP contribution in [0.15, 0.2) is 43.0 Å². The number of nitrogens with two attached hydrogens (primary N) is 1. The Labute approximate surface area is 130 Å². The van der Waals surface area contributed by atoms with Crippen LogP contribution in [0.2, 0.25) is 0 Å². The van der Waals surface area contributed by atoms with Crippen LogP contribution in [0.3, 0.4) is 0 Å². The fourth-order valence-corrected chi connectivity index (χ4v) is 2.42. The second-order valence-electron chi connectivity index (χ2n) is 4.98. The number of imidazole rings is 1. The van der Waals surface area contributed by atoms with Crippen molar-refractivity contribution in [3.63, 3.8) is 0 Å². The molecule has 0 bridgehead atoms. The van der Waals surface area contributed by atoms with Gasteiger partial charge in [-0.1, -0.05) is 18.2 Å². The van der Waals surface area contributed by atoms with E-state index in [1.54, 1.807) is 46.5 Å². The maximum Gasteiger partial charge on any atom is 0.224 e. The van der Waals surface area contributed by atoms with Crippen molar-refractivity contribution in [2.45, 2.75) is 6.54 Å². The average Bonchev–Trinajstić information content (AvgIpc) is 3.19. The molecule has 4 N–H and O–H groups in total. The Hall–Kier alpha value is -3.20. The Bertz CT molecular complexity index is 903. The van der Waals surface area contributed by atoms with Crippen molar-refractivity contribution in [2.75, 3.05) is 10.7 Å². The Morgan fingerprint density at radius 3 is 2.87 bits per heavy atom. The summed E-state index contributed by atoms with van der Waals surface area (Å²) in [6.07, 6.45) is 5.06. The van der Waals surface area contributed by atoms with Gasteiger partial charge in [-0.05, 0) is 6.07 Å². The van der Waals surface area contributed by atoms with E-state index in [9.17, 15) is 4.39 Å². The molecule has 8 nitrogen and oxygen atoms in total. The second kappa shape index (κ2) is 5.21. The van der Waals surface area contributed by atoms with Crippen molar-refractivity contribution >= 4 is 22.9 Å². The lowest BCUT2D eigenvalue weighted by atomic mass is 10.2. The summed E-state index contributed by atoms with van der Waals surface area (Å²) >= 11 is 0. The molecule has 0 amide bonds. The largest absolute Gasteiger partial charge is 0.368 e. The van der Waals surface area contributed by atoms with Crippen molar-refractivity contribution in [1.82, 2.24) is 30.5 Å². The third-order valence-corrected chi connectivity index (χ3v) is 3.48. The molecule has 0 spiro atoms. The fraction of sp³-hybridized carbons (Fsp3) is 0.0714. The summed E-state index contributed by atoms with van der Waals surface area (Å²) in [4.78, 5) is 12.8. The summed E-state index contributed by atoms with van der Waals surface area (Å²) in [7, 11) is 0. The van der Waals surface area contributed by atoms with Crippen molar-refractivity contribution in [2.24, 2.45) is 0 Å². The Morgan fingerprint density at radius 1 is 1.22 bits per heavy atom. The summed E-state index contributed by atoms with van der Waals surface area (Å²) in [5.74, 6) is 0.357. The molecular weight excluding hydrogens is 299 g/mol. The van der Waals surface area contributed by atoms with Gasteiger partial charge in [-0.25, -0.2) is 14.4 Å². The molecule has 2 aromatic heterocycles. The Balaban J connectivity index is 1.80. The average molecular weight is 312 g/mol. The van der Waals surface area contributed by atoms with Gasteiger partial charge >= 0.3 is 0 Å². The molecular formula is C14H13FN8. The lowest BCUT2D eigenvalue weighted by Gasteiger charge is -2.14. The van der Waals surface area contributed by atoms with E-state index in [1.165, 1.54) is 6.07 Å². The molecule has 0 radical (unpaired) electrons. The Morgan fingerprint density at radius 2 is 2.09 bits per heavy atom. The zero-order valence-electron chi connectivity index (χ0n) is 11.9. The zero-order valence-corrected chi connectivity index (χ0v) is 11.9. The smallest absolute Gasteiger partial charge is 0.224 e. The highest BCUT2D eigenvalue weighted by Crippen LogP contribution is 2.24. The number of hydrogen-bond donors (Lipinski definition) is 3. The molecule has 0 aliphatic carbocycles. The molecule has 0 unspecified atom stereocenters. The summed E-state index contributed by atoms with van der Waals surface area (Å²) in [6.45, 7) is 0.306. The van der Waals surface area contributed by atoms with Crippen LogP contribution in [0.25, 0.3) is 11.2 Å². The van der Waals surface area contributed by atoms with E-state index in [0.29, 0.717) is 29.1 Å². The van der Waals surface area contributed by atoms with Crippen LogP contribution >= 0.6 is 0 Å². The first-order valence-electron chi connectivity index (χ1n) is 6.91. The highest BCUT2D eigenvalue weighted by Gasteiger charge is 2.18. The van der Waals surface area contributed by atoms with E-state index in [0.717, 1.165) is 0 Å². The quantitative estimate of drug-likeness (QED) is 0.661. The third kappa shape index (κ3) is 2.32. The number of hydrazine groups is 2. The van der Waals surface area contributed by atoms with Gasteiger partial charge in [0.1, 0.15) is 5.82 Å². The highest BCUT2D eigenvalue weighted by molar-refractivity contribution is 5.85. The number of nitrogen functional groups attached to an aromatic ring is 1. The monoisotopic (exact) mass is 312 g/mol. The summed E-state index contributed by atoms with van der Waals surface area (Å²) in [5.41, 5.74) is 13.2. The lowest BCUT2D eigenvalue weighted by Crippen LogP contribution is -2.36. The Kier molecular flexibility index (Phi) is 3.05. The summed E-state index contributed by atoms with van der Waals surface area (Å²) < 4.78 is 15.6. The van der Waals surface area contributed by atoms with E-state index >= 15 is 0 Å². The molecule has 0 fully saturated rings. The molecule has 0 atom stereocenters. The van der Waals surface area contributed by atoms with Gasteiger partial charge in [-0.15, -0.1) is 5.53 Å². The van der Waals surface area contributed by atoms with E-state index < -0.39 is 0 Å². The van der Waals surface area contributed by atoms with Gasteiger partial charge in [0, 0.05) is 18.0 Å². The third-order valence-electron chi connectivity index (χ3n) is 3.48. The lowest BCUT2D eigenvalue weighted by molar-refractivity contribution is 0.601. The molecule has 9 heteroatoms. The number of hydrogen-bond acceptors (Lipinski definition) is 7. The predicted molar refractivity (Wildman–Crippen MR) is 83.1 cm³/mol. The standard InChI is InChI=1S/C14H13FN8/c15-10-4-2-1-3-9(10)7-22-8-17-11-12(22)19-14(16)20-13(11)23-6-5-18-21-23/h1-6,8,18,21H,7H2,(H2,16,19,20). The number of rotatable bonds is 3. The van der Waals surface area contributed by atoms with Gasteiger partial charge in [0.2, 0.25) is 5.95 Å². The van der Waals surface area contributed by atoms with Gasteiger partial charge in [-0.2, -0.15) is 9.97 Å². The predicted octanol–water partition coefficient (Wildman–Crippen LogP) is 0.896. The van der Waals surface area contributed by atoms with Gasteiger partial charge in [0.05, 0.1) is 12.9 Å². The van der Waals surface area contributed by atoms with Gasteiger partial charge in [0.15, 0.2) is 17.0 Å². The minimum Gasteiger partial charge on any atom is -0.368 e. The minimum absolute atomic E-state index is 0.116. The van der Waals surface area contributed by atoms with Crippen LogP contribution in [0, 0.1) is 5.82 Å². The first-order chi connectivity index (χ1) is 11.2. The number of aromatic nitrogens is 4. The number of nitrogens with one attached hydrogen (secondary N) is 2. The normalized spacial score (nSPS) is 13.7. The van der Waals surface area contributed by atoms with Crippen LogP contribution in [-0.2, 0) is 6.54 Å². The number of fused-ring (bicyclic) bond motifs is 1. The fourth-order valence-electron chi connectivity index (χ4n) is 2.42. The zero-order chi connectivity index (χ0) is 15.8. The topological polar surface area (TPSA) is 96.9 Å². The van der Waals surface area contributed by atoms with E-state index in [4.69, 9.17) is 5.73 Å². The molecule has 1 aliphatic heterocycles. The second-order valence-corrected chi connectivity index (χ2v) is 4.98. The number of benzene rings is 1. The van der Waals surface area contributed by atoms with E-state index in [-0.39, 0.29) is 11.8 Å². The maximum absolute atomic E-state index is 13.9. The van der Waals surface area contributed by atoms with Crippen molar-refractivity contribution < 1.29 is 4.39 Å². The van der Waals surface area contributed by atoms with Crippen LogP contribution in [0.5, 0.6) is 0 Å². The molecule has 1 aromatic carbocycles. The van der Waals surface area contributed by atoms with Crippen molar-refractivity contribution in [3.8, 4) is 0 Å². The molecule has 3 heterocycles. The maximum atomic E-state index is 13.9. The van der Waals surface area contributed by atoms with Gasteiger partial charge < -0.3 is 15.7 Å². The number of anilines is 2. The minimum atomic E-state index is -0.273. The first-order valence-corrected chi connectivity index (χ1v) is 6.91. The van der Waals surface area contributed by atoms with Crippen LogP contribution < -0.4 is 21.7 Å². The van der Waals surface area contributed by atoms with Gasteiger partial charge in [-0.3, -0.25) is 0 Å². The van der Waals surface area contributed by atoms with Gasteiger partial charge in [0.25, 0.3) is 0 Å². The van der Waals surface area contributed by atoms with Crippen LogP contribution in [0.1, 0.15) is 5.56 Å². The molecule has 23 heavy (non-hydrogen) atoms. The van der Waals surface area contributed by atoms with Crippen LogP contribution in [-0.4, -0.2) is 19.5 Å². The molecule has 0 saturated carbocycles. The van der Waals surface area contributed by atoms with E-state index in [1.807, 2.05) is 0 Å². The molecule has 0 saturated heterocycles. The first kappa shape index (κ1) is 13.5.